The standard InChI is InChI=1S/C22H40Si5/c1-23(2,21-17-13-11-14-18-21)25(5,6)27(9,10)26(7,8)24(3,4)22-19-15-12-16-20-22/h11-20H,1-10H3. The lowest BCUT2D eigenvalue weighted by Gasteiger charge is -2.59. The normalized spacial score (nSPS) is 14.3. The lowest BCUT2D eigenvalue weighted by Crippen LogP contribution is -2.87. The molecule has 0 aliphatic carbocycles. The largest absolute Gasteiger partial charge is 0.0735 e. The summed E-state index contributed by atoms with van der Waals surface area (Å²) >= 11 is 0. The predicted octanol–water partition coefficient (Wildman–Crippen LogP) is 5.66. The van der Waals surface area contributed by atoms with Crippen molar-refractivity contribution in [3.05, 3.63) is 60.7 Å². The fourth-order valence-corrected chi connectivity index (χ4v) is 114. The van der Waals surface area contributed by atoms with Crippen LogP contribution in [0.2, 0.25) is 65.5 Å². The molecule has 0 aliphatic heterocycles. The molecular formula is C22H40Si5. The zero-order chi connectivity index (χ0) is 20.7. The summed E-state index contributed by atoms with van der Waals surface area (Å²) in [4.78, 5) is 0. The lowest BCUT2D eigenvalue weighted by molar-refractivity contribution is 1.69. The van der Waals surface area contributed by atoms with Crippen LogP contribution < -0.4 is 10.4 Å². The number of benzene rings is 2. The summed E-state index contributed by atoms with van der Waals surface area (Å²) in [6, 6.07) is 23.1. The van der Waals surface area contributed by atoms with Gasteiger partial charge in [0.1, 0.15) is 0 Å². The van der Waals surface area contributed by atoms with Gasteiger partial charge in [0.15, 0.2) is 0 Å². The Bertz CT molecular complexity index is 696. The van der Waals surface area contributed by atoms with Crippen molar-refractivity contribution >= 4 is 46.9 Å². The molecule has 0 aromatic heterocycles. The molecule has 0 fully saturated rings. The van der Waals surface area contributed by atoms with Gasteiger partial charge in [0.05, 0.1) is 15.2 Å². The van der Waals surface area contributed by atoms with E-state index < -0.39 is 36.5 Å². The van der Waals surface area contributed by atoms with Gasteiger partial charge in [-0.15, -0.1) is 0 Å². The summed E-state index contributed by atoms with van der Waals surface area (Å²) in [7, 11) is -7.15. The molecule has 0 N–H and O–H groups in total. The fraction of sp³-hybridized carbons (Fsp3) is 0.455. The van der Waals surface area contributed by atoms with Gasteiger partial charge < -0.3 is 0 Å². The summed E-state index contributed by atoms with van der Waals surface area (Å²) in [5.74, 6) is 0. The van der Waals surface area contributed by atoms with E-state index in [-0.39, 0.29) is 0 Å². The Hall–Kier alpha value is -0.476. The highest BCUT2D eigenvalue weighted by Gasteiger charge is 2.63. The molecule has 0 atom stereocenters. The molecule has 0 nitrogen and oxygen atoms in total. The Morgan fingerprint density at radius 1 is 0.370 bits per heavy atom. The van der Waals surface area contributed by atoms with Crippen molar-refractivity contribution in [2.45, 2.75) is 65.5 Å². The smallest absolute Gasteiger partial charge is 0.0711 e. The maximum absolute atomic E-state index is 2.81. The molecule has 2 aromatic carbocycles. The Labute approximate surface area is 172 Å². The van der Waals surface area contributed by atoms with Crippen molar-refractivity contribution in [1.82, 2.24) is 0 Å². The summed E-state index contributed by atoms with van der Waals surface area (Å²) in [5.41, 5.74) is 0. The molecule has 148 valence electrons. The van der Waals surface area contributed by atoms with Gasteiger partial charge >= 0.3 is 0 Å². The average Bonchev–Trinajstić information content (AvgIpc) is 2.62. The van der Waals surface area contributed by atoms with Gasteiger partial charge in [0.25, 0.3) is 0 Å². The zero-order valence-corrected chi connectivity index (χ0v) is 24.3. The van der Waals surface area contributed by atoms with Crippen molar-refractivity contribution in [3.8, 4) is 0 Å². The molecule has 2 aromatic rings. The molecule has 0 heterocycles. The first-order valence-electron chi connectivity index (χ1n) is 10.3. The third kappa shape index (κ3) is 3.50. The first-order valence-corrected chi connectivity index (χ1v) is 29.3. The van der Waals surface area contributed by atoms with E-state index in [2.05, 4.69) is 126 Å². The molecule has 0 saturated heterocycles. The summed E-state index contributed by atoms with van der Waals surface area (Å²) in [6.45, 7) is 27.5. The first kappa shape index (κ1) is 22.8. The third-order valence-corrected chi connectivity index (χ3v) is 103. The minimum atomic E-state index is -1.47. The van der Waals surface area contributed by atoms with Gasteiger partial charge in [0, 0.05) is 21.3 Å². The van der Waals surface area contributed by atoms with E-state index in [1.54, 1.807) is 10.4 Å². The van der Waals surface area contributed by atoms with Crippen LogP contribution >= 0.6 is 0 Å². The van der Waals surface area contributed by atoms with E-state index in [1.807, 2.05) is 0 Å². The van der Waals surface area contributed by atoms with Gasteiger partial charge in [-0.05, 0) is 0 Å². The van der Waals surface area contributed by atoms with E-state index in [0.717, 1.165) is 0 Å². The highest BCUT2D eigenvalue weighted by atomic mass is 29.9. The predicted molar refractivity (Wildman–Crippen MR) is 140 cm³/mol. The Kier molecular flexibility index (Phi) is 6.26. The monoisotopic (exact) mass is 444 g/mol. The zero-order valence-electron chi connectivity index (χ0n) is 19.3. The van der Waals surface area contributed by atoms with Gasteiger partial charge in [0.2, 0.25) is 0 Å². The number of rotatable bonds is 6. The molecule has 0 saturated carbocycles. The van der Waals surface area contributed by atoms with Crippen molar-refractivity contribution in [3.63, 3.8) is 0 Å². The van der Waals surface area contributed by atoms with Gasteiger partial charge in [-0.2, -0.15) is 0 Å². The van der Waals surface area contributed by atoms with Crippen LogP contribution in [0.4, 0.5) is 0 Å². The second-order valence-corrected chi connectivity index (χ2v) is 62.8. The van der Waals surface area contributed by atoms with E-state index in [4.69, 9.17) is 0 Å². The van der Waals surface area contributed by atoms with Crippen molar-refractivity contribution < 1.29 is 0 Å². The van der Waals surface area contributed by atoms with E-state index >= 15 is 0 Å². The van der Waals surface area contributed by atoms with Crippen LogP contribution in [-0.2, 0) is 0 Å². The topological polar surface area (TPSA) is 0 Å². The van der Waals surface area contributed by atoms with Gasteiger partial charge in [-0.3, -0.25) is 0 Å². The SMILES string of the molecule is C[Si](C)(c1ccccc1)[Si](C)(C)[Si](C)(C)[Si](C)(C)[Si](C)(C)c1ccccc1. The first-order chi connectivity index (χ1) is 12.2. The molecule has 0 unspecified atom stereocenters. The van der Waals surface area contributed by atoms with Crippen LogP contribution in [0.1, 0.15) is 0 Å². The molecule has 0 amide bonds. The van der Waals surface area contributed by atoms with Crippen molar-refractivity contribution in [2.24, 2.45) is 0 Å². The van der Waals surface area contributed by atoms with Gasteiger partial charge in [-0.1, -0.05) is 137 Å². The van der Waals surface area contributed by atoms with Crippen molar-refractivity contribution in [2.75, 3.05) is 0 Å². The molecule has 0 bridgehead atoms. The lowest BCUT2D eigenvalue weighted by atomic mass is 10.4. The molecule has 0 radical (unpaired) electrons. The molecular weight excluding hydrogens is 405 g/mol. The fourth-order valence-electron chi connectivity index (χ4n) is 4.78. The second-order valence-electron chi connectivity index (χ2n) is 10.9. The summed E-state index contributed by atoms with van der Waals surface area (Å²) in [6.07, 6.45) is 0. The molecule has 0 aliphatic rings. The van der Waals surface area contributed by atoms with Crippen LogP contribution in [0.5, 0.6) is 0 Å². The van der Waals surface area contributed by atoms with Crippen LogP contribution in [0.15, 0.2) is 60.7 Å². The quantitative estimate of drug-likeness (QED) is 0.504. The summed E-state index contributed by atoms with van der Waals surface area (Å²) < 4.78 is 0. The Morgan fingerprint density at radius 3 is 0.889 bits per heavy atom. The van der Waals surface area contributed by atoms with E-state index in [9.17, 15) is 0 Å². The maximum Gasteiger partial charge on any atom is 0.0711 e. The number of hydrogen-bond donors (Lipinski definition) is 0. The minimum absolute atomic E-state index is 1.39. The van der Waals surface area contributed by atoms with E-state index in [0.29, 0.717) is 0 Å². The van der Waals surface area contributed by atoms with Crippen LogP contribution in [0, 0.1) is 0 Å². The van der Waals surface area contributed by atoms with Gasteiger partial charge in [-0.25, -0.2) is 0 Å². The van der Waals surface area contributed by atoms with Crippen molar-refractivity contribution in [1.29, 1.82) is 0 Å². The molecule has 2 rings (SSSR count). The van der Waals surface area contributed by atoms with Crippen LogP contribution in [0.3, 0.4) is 0 Å². The van der Waals surface area contributed by atoms with Crippen LogP contribution in [-0.4, -0.2) is 36.5 Å². The molecule has 0 spiro atoms. The maximum atomic E-state index is 2.81. The minimum Gasteiger partial charge on any atom is -0.0735 e. The Balaban J connectivity index is 2.57. The highest BCUT2D eigenvalue weighted by molar-refractivity contribution is 7.93. The van der Waals surface area contributed by atoms with Crippen LogP contribution in [0.25, 0.3) is 0 Å². The average molecular weight is 445 g/mol. The number of hydrogen-bond acceptors (Lipinski definition) is 0. The molecule has 27 heavy (non-hydrogen) atoms. The summed E-state index contributed by atoms with van der Waals surface area (Å²) in [5, 5.41) is 3.37. The second kappa shape index (κ2) is 7.41. The van der Waals surface area contributed by atoms with E-state index in [1.165, 1.54) is 0 Å². The molecule has 5 heteroatoms. The Morgan fingerprint density at radius 2 is 0.630 bits per heavy atom. The third-order valence-electron chi connectivity index (χ3n) is 9.24. The highest BCUT2D eigenvalue weighted by Crippen LogP contribution is 2.39.